The van der Waals surface area contributed by atoms with Crippen LogP contribution in [0.4, 0.5) is 8.78 Å². The summed E-state index contributed by atoms with van der Waals surface area (Å²) in [6.45, 7) is 8.79. The van der Waals surface area contributed by atoms with Gasteiger partial charge in [0.1, 0.15) is 17.4 Å². The number of aromatic nitrogens is 1. The lowest BCUT2D eigenvalue weighted by molar-refractivity contribution is 0.168. The lowest BCUT2D eigenvalue weighted by atomic mass is 10.1. The molecule has 0 bridgehead atoms. The SMILES string of the molecule is CCN=C(NC1CC1c1c(F)cccc1F)N1CCN(Cc2cc(C)on2)CC1. The van der Waals surface area contributed by atoms with Crippen molar-refractivity contribution in [1.29, 1.82) is 0 Å². The third kappa shape index (κ3) is 4.58. The molecule has 0 radical (unpaired) electrons. The van der Waals surface area contributed by atoms with Crippen LogP contribution in [0.15, 0.2) is 33.8 Å². The second-order valence-electron chi connectivity index (χ2n) is 7.72. The Labute approximate surface area is 169 Å². The maximum absolute atomic E-state index is 14.1. The van der Waals surface area contributed by atoms with E-state index in [9.17, 15) is 8.78 Å². The van der Waals surface area contributed by atoms with Crippen LogP contribution in [0.25, 0.3) is 0 Å². The summed E-state index contributed by atoms with van der Waals surface area (Å²) in [6, 6.07) is 6.04. The van der Waals surface area contributed by atoms with Gasteiger partial charge in [0.05, 0.1) is 5.69 Å². The summed E-state index contributed by atoms with van der Waals surface area (Å²) in [4.78, 5) is 9.17. The molecule has 2 aromatic rings. The van der Waals surface area contributed by atoms with Crippen molar-refractivity contribution in [3.05, 3.63) is 52.9 Å². The van der Waals surface area contributed by atoms with Gasteiger partial charge >= 0.3 is 0 Å². The number of nitrogens with zero attached hydrogens (tertiary/aromatic N) is 4. The smallest absolute Gasteiger partial charge is 0.194 e. The van der Waals surface area contributed by atoms with Gasteiger partial charge in [-0.15, -0.1) is 0 Å². The summed E-state index contributed by atoms with van der Waals surface area (Å²) in [5.74, 6) is 0.573. The molecule has 2 unspecified atom stereocenters. The molecule has 1 saturated carbocycles. The Balaban J connectivity index is 1.33. The van der Waals surface area contributed by atoms with E-state index in [0.29, 0.717) is 13.0 Å². The van der Waals surface area contributed by atoms with Crippen LogP contribution in [0.3, 0.4) is 0 Å². The molecule has 29 heavy (non-hydrogen) atoms. The van der Waals surface area contributed by atoms with Crippen molar-refractivity contribution in [2.24, 2.45) is 4.99 Å². The standard InChI is InChI=1S/C21H27F2N5O/c1-3-24-21(25-19-12-16(19)20-17(22)5-4-6-18(20)23)28-9-7-27(8-10-28)13-15-11-14(2)29-26-15/h4-6,11,16,19H,3,7-10,12-13H2,1-2H3,(H,24,25). The maximum atomic E-state index is 14.1. The number of nitrogens with one attached hydrogen (secondary N) is 1. The summed E-state index contributed by atoms with van der Waals surface area (Å²) in [6.07, 6.45) is 0.714. The lowest BCUT2D eigenvalue weighted by Gasteiger charge is -2.36. The number of rotatable bonds is 5. The van der Waals surface area contributed by atoms with E-state index in [0.717, 1.165) is 50.1 Å². The van der Waals surface area contributed by atoms with Crippen molar-refractivity contribution in [2.45, 2.75) is 38.8 Å². The van der Waals surface area contributed by atoms with E-state index in [4.69, 9.17) is 4.52 Å². The number of halogens is 2. The third-order valence-electron chi connectivity index (χ3n) is 5.52. The largest absolute Gasteiger partial charge is 0.361 e. The number of guanidine groups is 1. The number of piperazine rings is 1. The minimum atomic E-state index is -0.468. The van der Waals surface area contributed by atoms with E-state index >= 15 is 0 Å². The molecule has 1 aromatic carbocycles. The minimum absolute atomic E-state index is 0.0165. The van der Waals surface area contributed by atoms with Crippen LogP contribution in [-0.2, 0) is 6.54 Å². The number of hydrogen-bond acceptors (Lipinski definition) is 4. The van der Waals surface area contributed by atoms with Crippen molar-refractivity contribution < 1.29 is 13.3 Å². The average Bonchev–Trinajstić information content (AvgIpc) is 3.32. The first-order chi connectivity index (χ1) is 14.0. The summed E-state index contributed by atoms with van der Waals surface area (Å²) >= 11 is 0. The second-order valence-corrected chi connectivity index (χ2v) is 7.72. The fraction of sp³-hybridized carbons (Fsp3) is 0.524. The molecule has 2 heterocycles. The zero-order valence-electron chi connectivity index (χ0n) is 16.9. The van der Waals surface area contributed by atoms with Gasteiger partial charge in [-0.05, 0) is 32.4 Å². The van der Waals surface area contributed by atoms with Crippen molar-refractivity contribution in [2.75, 3.05) is 32.7 Å². The predicted molar refractivity (Wildman–Crippen MR) is 107 cm³/mol. The molecule has 2 fully saturated rings. The zero-order valence-corrected chi connectivity index (χ0v) is 16.9. The topological polar surface area (TPSA) is 56.9 Å². The van der Waals surface area contributed by atoms with E-state index in [2.05, 4.69) is 25.3 Å². The normalized spacial score (nSPS) is 22.8. The van der Waals surface area contributed by atoms with Crippen LogP contribution in [0, 0.1) is 18.6 Å². The highest BCUT2D eigenvalue weighted by Crippen LogP contribution is 2.43. The van der Waals surface area contributed by atoms with Gasteiger partial charge in [0.2, 0.25) is 0 Å². The van der Waals surface area contributed by atoms with Gasteiger partial charge in [-0.3, -0.25) is 9.89 Å². The van der Waals surface area contributed by atoms with E-state index < -0.39 is 11.6 Å². The fourth-order valence-electron chi connectivity index (χ4n) is 3.93. The second kappa shape index (κ2) is 8.49. The van der Waals surface area contributed by atoms with Gasteiger partial charge in [0.25, 0.3) is 0 Å². The first kappa shape index (κ1) is 19.8. The van der Waals surface area contributed by atoms with Gasteiger partial charge in [0.15, 0.2) is 5.96 Å². The Kier molecular flexibility index (Phi) is 5.80. The average molecular weight is 403 g/mol. The molecule has 1 saturated heterocycles. The molecule has 6 nitrogen and oxygen atoms in total. The minimum Gasteiger partial charge on any atom is -0.361 e. The van der Waals surface area contributed by atoms with Crippen molar-refractivity contribution >= 4 is 5.96 Å². The van der Waals surface area contributed by atoms with Gasteiger partial charge < -0.3 is 14.7 Å². The van der Waals surface area contributed by atoms with E-state index in [1.165, 1.54) is 18.2 Å². The predicted octanol–water partition coefficient (Wildman–Crippen LogP) is 2.90. The van der Waals surface area contributed by atoms with Crippen LogP contribution < -0.4 is 5.32 Å². The number of aliphatic imine (C=N–C) groups is 1. The highest BCUT2D eigenvalue weighted by Gasteiger charge is 2.43. The molecule has 1 N–H and O–H groups in total. The molecular weight excluding hydrogens is 376 g/mol. The molecule has 2 atom stereocenters. The van der Waals surface area contributed by atoms with Crippen LogP contribution in [0.2, 0.25) is 0 Å². The van der Waals surface area contributed by atoms with Crippen LogP contribution >= 0.6 is 0 Å². The third-order valence-corrected chi connectivity index (χ3v) is 5.52. The molecule has 1 aliphatic heterocycles. The Morgan fingerprint density at radius 2 is 1.97 bits per heavy atom. The van der Waals surface area contributed by atoms with Gasteiger partial charge in [-0.25, -0.2) is 8.78 Å². The molecular formula is C21H27F2N5O. The van der Waals surface area contributed by atoms with Crippen LogP contribution in [0.1, 0.15) is 36.3 Å². The van der Waals surface area contributed by atoms with Gasteiger partial charge in [-0.1, -0.05) is 11.2 Å². The molecule has 0 spiro atoms. The summed E-state index contributed by atoms with van der Waals surface area (Å²) in [5.41, 5.74) is 1.14. The molecule has 4 rings (SSSR count). The van der Waals surface area contributed by atoms with Crippen molar-refractivity contribution in [3.63, 3.8) is 0 Å². The van der Waals surface area contributed by atoms with Crippen LogP contribution in [0.5, 0.6) is 0 Å². The van der Waals surface area contributed by atoms with E-state index in [-0.39, 0.29) is 17.5 Å². The molecule has 1 aliphatic carbocycles. The molecule has 8 heteroatoms. The van der Waals surface area contributed by atoms with Crippen LogP contribution in [-0.4, -0.2) is 59.7 Å². The Morgan fingerprint density at radius 3 is 2.59 bits per heavy atom. The zero-order chi connectivity index (χ0) is 20.4. The van der Waals surface area contributed by atoms with Crippen molar-refractivity contribution in [3.8, 4) is 0 Å². The van der Waals surface area contributed by atoms with E-state index in [1.807, 2.05) is 19.9 Å². The molecule has 2 aliphatic rings. The van der Waals surface area contributed by atoms with Gasteiger partial charge in [-0.2, -0.15) is 0 Å². The highest BCUT2D eigenvalue weighted by molar-refractivity contribution is 5.81. The maximum Gasteiger partial charge on any atom is 0.194 e. The first-order valence-corrected chi connectivity index (χ1v) is 10.2. The fourth-order valence-corrected chi connectivity index (χ4v) is 3.93. The monoisotopic (exact) mass is 403 g/mol. The summed E-state index contributed by atoms with van der Waals surface area (Å²) in [5, 5.41) is 7.49. The number of aryl methyl sites for hydroxylation is 1. The first-order valence-electron chi connectivity index (χ1n) is 10.2. The molecule has 1 aromatic heterocycles. The number of benzene rings is 1. The summed E-state index contributed by atoms with van der Waals surface area (Å²) in [7, 11) is 0. The lowest BCUT2D eigenvalue weighted by Crippen LogP contribution is -2.52. The Hall–Kier alpha value is -2.48. The van der Waals surface area contributed by atoms with E-state index in [1.54, 1.807) is 0 Å². The number of hydrogen-bond donors (Lipinski definition) is 1. The molecule has 0 amide bonds. The Bertz CT molecular complexity index is 855. The van der Waals surface area contributed by atoms with Gasteiger partial charge in [0, 0.05) is 62.9 Å². The highest BCUT2D eigenvalue weighted by atomic mass is 19.1. The summed E-state index contributed by atoms with van der Waals surface area (Å²) < 4.78 is 33.2. The quantitative estimate of drug-likeness (QED) is 0.615. The molecule has 156 valence electrons. The van der Waals surface area contributed by atoms with Crippen molar-refractivity contribution in [1.82, 2.24) is 20.3 Å². The Morgan fingerprint density at radius 1 is 1.24 bits per heavy atom.